The van der Waals surface area contributed by atoms with Gasteiger partial charge in [0.1, 0.15) is 0 Å². The van der Waals surface area contributed by atoms with Crippen LogP contribution in [0.1, 0.15) is 24.3 Å². The standard InChI is InChI=1S/C16H19N5O5S/c1-25-13-9-14(26-2)18-15(17-13)19-16(22)21-27(23,24)20-12-6-4-3-5-11(12)10-7-8-10/h3-6,9-10,20H,7-8H2,1-2H3,(H2,17,18,19,21,22). The molecule has 0 saturated heterocycles. The maximum atomic E-state index is 12.3. The van der Waals surface area contributed by atoms with Crippen molar-refractivity contribution in [3.05, 3.63) is 35.9 Å². The SMILES string of the molecule is COc1cc(OC)nc(NC(=O)NS(=O)(=O)Nc2ccccc2C2CC2)n1. The molecule has 0 radical (unpaired) electrons. The number of ether oxygens (including phenoxy) is 2. The Balaban J connectivity index is 1.68. The second-order valence-electron chi connectivity index (χ2n) is 5.80. The lowest BCUT2D eigenvalue weighted by Gasteiger charge is -2.13. The molecular formula is C16H19N5O5S. The summed E-state index contributed by atoms with van der Waals surface area (Å²) in [4.78, 5) is 19.8. The van der Waals surface area contributed by atoms with Gasteiger partial charge in [-0.25, -0.2) is 9.52 Å². The number of hydrogen-bond acceptors (Lipinski definition) is 7. The zero-order valence-electron chi connectivity index (χ0n) is 14.7. The molecule has 1 aromatic heterocycles. The zero-order valence-corrected chi connectivity index (χ0v) is 15.5. The van der Waals surface area contributed by atoms with Gasteiger partial charge in [0.05, 0.1) is 26.0 Å². The van der Waals surface area contributed by atoms with E-state index in [0.29, 0.717) is 11.6 Å². The van der Waals surface area contributed by atoms with Crippen LogP contribution in [0.25, 0.3) is 0 Å². The third-order valence-electron chi connectivity index (χ3n) is 3.77. The van der Waals surface area contributed by atoms with Gasteiger partial charge < -0.3 is 9.47 Å². The molecule has 1 aromatic carbocycles. The van der Waals surface area contributed by atoms with Gasteiger partial charge in [0.25, 0.3) is 0 Å². The quantitative estimate of drug-likeness (QED) is 0.654. The Kier molecular flexibility index (Phi) is 5.31. The molecule has 1 saturated carbocycles. The molecular weight excluding hydrogens is 374 g/mol. The number of anilines is 2. The number of rotatable bonds is 7. The Morgan fingerprint density at radius 1 is 1.11 bits per heavy atom. The summed E-state index contributed by atoms with van der Waals surface area (Å²) in [5, 5.41) is 2.23. The largest absolute Gasteiger partial charge is 0.481 e. The number of methoxy groups -OCH3 is 2. The molecule has 1 aliphatic carbocycles. The highest BCUT2D eigenvalue weighted by molar-refractivity contribution is 7.91. The molecule has 1 aliphatic rings. The predicted octanol–water partition coefficient (Wildman–Crippen LogP) is 1.85. The molecule has 144 valence electrons. The van der Waals surface area contributed by atoms with E-state index >= 15 is 0 Å². The maximum absolute atomic E-state index is 12.3. The van der Waals surface area contributed by atoms with E-state index in [1.807, 2.05) is 16.9 Å². The Hall–Kier alpha value is -3.08. The minimum Gasteiger partial charge on any atom is -0.481 e. The molecule has 27 heavy (non-hydrogen) atoms. The Morgan fingerprint density at radius 2 is 1.74 bits per heavy atom. The minimum absolute atomic E-state index is 0.150. The normalized spacial score (nSPS) is 13.6. The molecule has 0 atom stereocenters. The lowest BCUT2D eigenvalue weighted by Crippen LogP contribution is -2.38. The summed E-state index contributed by atoms with van der Waals surface area (Å²) in [6.07, 6.45) is 2.03. The smallest absolute Gasteiger partial charge is 0.336 e. The van der Waals surface area contributed by atoms with Crippen LogP contribution in [0.3, 0.4) is 0 Å². The number of carbonyl (C=O) groups is 1. The van der Waals surface area contributed by atoms with Gasteiger partial charge in [-0.1, -0.05) is 18.2 Å². The number of aromatic nitrogens is 2. The van der Waals surface area contributed by atoms with Gasteiger partial charge in [-0.05, 0) is 30.4 Å². The monoisotopic (exact) mass is 393 g/mol. The van der Waals surface area contributed by atoms with Crippen LogP contribution in [0.15, 0.2) is 30.3 Å². The van der Waals surface area contributed by atoms with E-state index in [9.17, 15) is 13.2 Å². The van der Waals surface area contributed by atoms with E-state index in [-0.39, 0.29) is 17.7 Å². The van der Waals surface area contributed by atoms with E-state index < -0.39 is 16.2 Å². The highest BCUT2D eigenvalue weighted by Gasteiger charge is 2.27. The molecule has 0 spiro atoms. The molecule has 2 aromatic rings. The van der Waals surface area contributed by atoms with Crippen LogP contribution in [-0.4, -0.2) is 38.6 Å². The van der Waals surface area contributed by atoms with E-state index in [1.165, 1.54) is 20.3 Å². The lowest BCUT2D eigenvalue weighted by atomic mass is 10.1. The van der Waals surface area contributed by atoms with Gasteiger partial charge in [0.15, 0.2) is 0 Å². The number of carbonyl (C=O) groups excluding carboxylic acids is 1. The molecule has 0 unspecified atom stereocenters. The van der Waals surface area contributed by atoms with Crippen LogP contribution >= 0.6 is 0 Å². The van der Waals surface area contributed by atoms with E-state index in [0.717, 1.165) is 18.4 Å². The van der Waals surface area contributed by atoms with Gasteiger partial charge in [-0.15, -0.1) is 0 Å². The van der Waals surface area contributed by atoms with E-state index in [1.54, 1.807) is 12.1 Å². The van der Waals surface area contributed by atoms with E-state index in [2.05, 4.69) is 20.0 Å². The first-order valence-corrected chi connectivity index (χ1v) is 9.56. The van der Waals surface area contributed by atoms with Crippen LogP contribution in [0.4, 0.5) is 16.4 Å². The average molecular weight is 393 g/mol. The average Bonchev–Trinajstić information content (AvgIpc) is 3.45. The van der Waals surface area contributed by atoms with Gasteiger partial charge in [0.2, 0.25) is 17.7 Å². The number of nitrogens with one attached hydrogen (secondary N) is 3. The lowest BCUT2D eigenvalue weighted by molar-refractivity contribution is 0.256. The molecule has 2 amide bonds. The third-order valence-corrected chi connectivity index (χ3v) is 4.71. The highest BCUT2D eigenvalue weighted by Crippen LogP contribution is 2.43. The van der Waals surface area contributed by atoms with Crippen molar-refractivity contribution < 1.29 is 22.7 Å². The molecule has 1 fully saturated rings. The summed E-state index contributed by atoms with van der Waals surface area (Å²) in [6, 6.07) is 7.48. The Morgan fingerprint density at radius 3 is 2.33 bits per heavy atom. The second-order valence-corrected chi connectivity index (χ2v) is 7.21. The van der Waals surface area contributed by atoms with Crippen LogP contribution in [0.2, 0.25) is 0 Å². The van der Waals surface area contributed by atoms with Crippen molar-refractivity contribution in [3.8, 4) is 11.8 Å². The molecule has 1 heterocycles. The second kappa shape index (κ2) is 7.66. The molecule has 11 heteroatoms. The Labute approximate surface area is 156 Å². The molecule has 0 bridgehead atoms. The van der Waals surface area contributed by atoms with Crippen molar-refractivity contribution in [2.75, 3.05) is 24.3 Å². The topological polar surface area (TPSA) is 132 Å². The van der Waals surface area contributed by atoms with Crippen LogP contribution in [-0.2, 0) is 10.2 Å². The fraction of sp³-hybridized carbons (Fsp3) is 0.312. The number of benzene rings is 1. The first-order chi connectivity index (χ1) is 12.9. The Bertz CT molecular complexity index is 924. The van der Waals surface area contributed by atoms with Crippen molar-refractivity contribution in [1.82, 2.24) is 14.7 Å². The molecule has 3 rings (SSSR count). The van der Waals surface area contributed by atoms with Gasteiger partial charge >= 0.3 is 16.2 Å². The zero-order chi connectivity index (χ0) is 19.4. The molecule has 0 aliphatic heterocycles. The fourth-order valence-corrected chi connectivity index (χ4v) is 3.25. The first-order valence-electron chi connectivity index (χ1n) is 8.07. The summed E-state index contributed by atoms with van der Waals surface area (Å²) < 4.78 is 38.7. The van der Waals surface area contributed by atoms with Crippen molar-refractivity contribution in [2.45, 2.75) is 18.8 Å². The summed E-state index contributed by atoms with van der Waals surface area (Å²) in [6.45, 7) is 0. The van der Waals surface area contributed by atoms with Crippen molar-refractivity contribution in [1.29, 1.82) is 0 Å². The summed E-state index contributed by atoms with van der Waals surface area (Å²) in [5.41, 5.74) is 1.35. The molecule has 10 nitrogen and oxygen atoms in total. The minimum atomic E-state index is -4.14. The number of amides is 2. The maximum Gasteiger partial charge on any atom is 0.336 e. The summed E-state index contributed by atoms with van der Waals surface area (Å²) >= 11 is 0. The number of hydrogen-bond donors (Lipinski definition) is 3. The van der Waals surface area contributed by atoms with Gasteiger partial charge in [-0.3, -0.25) is 10.0 Å². The van der Waals surface area contributed by atoms with Crippen molar-refractivity contribution >= 4 is 27.9 Å². The number of para-hydroxylation sites is 1. The van der Waals surface area contributed by atoms with Gasteiger partial charge in [-0.2, -0.15) is 18.4 Å². The highest BCUT2D eigenvalue weighted by atomic mass is 32.2. The van der Waals surface area contributed by atoms with Crippen molar-refractivity contribution in [3.63, 3.8) is 0 Å². The number of urea groups is 1. The van der Waals surface area contributed by atoms with Crippen molar-refractivity contribution in [2.24, 2.45) is 0 Å². The van der Waals surface area contributed by atoms with Crippen LogP contribution in [0, 0.1) is 0 Å². The van der Waals surface area contributed by atoms with Gasteiger partial charge in [0, 0.05) is 0 Å². The summed E-state index contributed by atoms with van der Waals surface area (Å²) in [5.74, 6) is 0.473. The first kappa shape index (κ1) is 18.7. The fourth-order valence-electron chi connectivity index (χ4n) is 2.43. The van der Waals surface area contributed by atoms with Crippen LogP contribution < -0.4 is 24.2 Å². The predicted molar refractivity (Wildman–Crippen MR) is 98.2 cm³/mol. The molecule has 3 N–H and O–H groups in total. The van der Waals surface area contributed by atoms with Crippen LogP contribution in [0.5, 0.6) is 11.8 Å². The number of nitrogens with zero attached hydrogens (tertiary/aromatic N) is 2. The third kappa shape index (κ3) is 4.97. The summed E-state index contributed by atoms with van der Waals surface area (Å²) in [7, 11) is -1.37. The van der Waals surface area contributed by atoms with E-state index in [4.69, 9.17) is 9.47 Å².